The summed E-state index contributed by atoms with van der Waals surface area (Å²) in [5, 5.41) is 3.82. The Balaban J connectivity index is 0.00000200. The fraction of sp³-hybridized carbons (Fsp3) is 0.533. The molecule has 0 spiro atoms. The molecule has 2 rings (SSSR count). The van der Waals surface area contributed by atoms with Crippen LogP contribution < -0.4 is 11.1 Å². The lowest BCUT2D eigenvalue weighted by molar-refractivity contribution is -0.123. The van der Waals surface area contributed by atoms with Gasteiger partial charge in [0, 0.05) is 18.0 Å². The molecule has 0 radical (unpaired) electrons. The molecule has 1 unspecified atom stereocenters. The minimum absolute atomic E-state index is 0. The molecule has 0 aromatic heterocycles. The Kier molecular flexibility index (Phi) is 6.31. The van der Waals surface area contributed by atoms with Crippen LogP contribution >= 0.6 is 24.0 Å². The van der Waals surface area contributed by atoms with Crippen molar-refractivity contribution in [2.24, 2.45) is 11.7 Å². The van der Waals surface area contributed by atoms with Gasteiger partial charge in [0.25, 0.3) is 0 Å². The first kappa shape index (κ1) is 17.3. The third-order valence-electron chi connectivity index (χ3n) is 3.88. The molecular formula is C15H22Cl2N2O. The molecule has 1 atom stereocenters. The largest absolute Gasteiger partial charge is 0.349 e. The molecule has 0 saturated heterocycles. The summed E-state index contributed by atoms with van der Waals surface area (Å²) in [5.41, 5.74) is 6.69. The molecule has 1 aliphatic rings. The van der Waals surface area contributed by atoms with Gasteiger partial charge in [-0.05, 0) is 49.8 Å². The molecule has 20 heavy (non-hydrogen) atoms. The molecule has 1 aromatic rings. The second-order valence-corrected chi connectivity index (χ2v) is 6.01. The van der Waals surface area contributed by atoms with Gasteiger partial charge in [-0.25, -0.2) is 0 Å². The minimum atomic E-state index is -0.225. The molecule has 112 valence electrons. The molecule has 1 amide bonds. The highest BCUT2D eigenvalue weighted by atomic mass is 35.5. The van der Waals surface area contributed by atoms with E-state index in [1.165, 1.54) is 12.8 Å². The van der Waals surface area contributed by atoms with Crippen molar-refractivity contribution in [3.63, 3.8) is 0 Å². The molecule has 0 bridgehead atoms. The summed E-state index contributed by atoms with van der Waals surface area (Å²) < 4.78 is 0. The Labute approximate surface area is 131 Å². The summed E-state index contributed by atoms with van der Waals surface area (Å²) in [6.45, 7) is 2.55. The first-order valence-electron chi connectivity index (χ1n) is 6.79. The van der Waals surface area contributed by atoms with Gasteiger partial charge < -0.3 is 11.1 Å². The van der Waals surface area contributed by atoms with Gasteiger partial charge in [0.1, 0.15) is 0 Å². The highest BCUT2D eigenvalue weighted by Gasteiger charge is 2.41. The maximum absolute atomic E-state index is 12.0. The summed E-state index contributed by atoms with van der Waals surface area (Å²) in [5.74, 6) is 0.631. The lowest BCUT2D eigenvalue weighted by Crippen LogP contribution is -2.53. The number of hydrogen-bond acceptors (Lipinski definition) is 2. The van der Waals surface area contributed by atoms with Crippen LogP contribution in [-0.2, 0) is 11.2 Å². The number of carbonyl (C=O) groups excluding carboxylic acids is 1. The van der Waals surface area contributed by atoms with Gasteiger partial charge in [0.05, 0.1) is 5.54 Å². The van der Waals surface area contributed by atoms with Gasteiger partial charge >= 0.3 is 0 Å². The van der Waals surface area contributed by atoms with Crippen LogP contribution in [-0.4, -0.2) is 18.0 Å². The number of aryl methyl sites for hydroxylation is 1. The van der Waals surface area contributed by atoms with Crippen molar-refractivity contribution in [1.82, 2.24) is 5.32 Å². The number of nitrogens with two attached hydrogens (primary N) is 1. The Morgan fingerprint density at radius 2 is 2.00 bits per heavy atom. The number of nitrogens with one attached hydrogen (secondary N) is 1. The number of hydrogen-bond donors (Lipinski definition) is 2. The van der Waals surface area contributed by atoms with E-state index in [0.29, 0.717) is 18.9 Å². The maximum atomic E-state index is 12.0. The van der Waals surface area contributed by atoms with Crippen molar-refractivity contribution in [2.45, 2.75) is 38.1 Å². The maximum Gasteiger partial charge on any atom is 0.220 e. The molecule has 5 heteroatoms. The average molecular weight is 317 g/mol. The van der Waals surface area contributed by atoms with Crippen LogP contribution in [0.4, 0.5) is 0 Å². The van der Waals surface area contributed by atoms with Crippen molar-refractivity contribution < 1.29 is 4.79 Å². The van der Waals surface area contributed by atoms with Gasteiger partial charge in [-0.2, -0.15) is 0 Å². The van der Waals surface area contributed by atoms with Gasteiger partial charge in [0.2, 0.25) is 5.91 Å². The highest BCUT2D eigenvalue weighted by Crippen LogP contribution is 2.38. The zero-order valence-electron chi connectivity index (χ0n) is 11.7. The quantitative estimate of drug-likeness (QED) is 0.847. The topological polar surface area (TPSA) is 55.1 Å². The number of rotatable bonds is 6. The smallest absolute Gasteiger partial charge is 0.220 e. The van der Waals surface area contributed by atoms with E-state index in [-0.39, 0.29) is 23.9 Å². The number of benzene rings is 1. The van der Waals surface area contributed by atoms with Crippen LogP contribution in [0, 0.1) is 5.92 Å². The summed E-state index contributed by atoms with van der Waals surface area (Å²) in [7, 11) is 0. The third-order valence-corrected chi connectivity index (χ3v) is 4.13. The molecule has 3 nitrogen and oxygen atoms in total. The Morgan fingerprint density at radius 3 is 2.50 bits per heavy atom. The minimum Gasteiger partial charge on any atom is -0.349 e. The zero-order chi connectivity index (χ0) is 13.9. The molecule has 1 aliphatic carbocycles. The number of carbonyl (C=O) groups is 1. The summed E-state index contributed by atoms with van der Waals surface area (Å²) in [6.07, 6.45) is 3.56. The average Bonchev–Trinajstić information content (AvgIpc) is 3.22. The molecule has 0 heterocycles. The van der Waals surface area contributed by atoms with Gasteiger partial charge in [-0.15, -0.1) is 12.4 Å². The van der Waals surface area contributed by atoms with E-state index in [9.17, 15) is 4.79 Å². The summed E-state index contributed by atoms with van der Waals surface area (Å²) in [4.78, 5) is 12.0. The first-order valence-corrected chi connectivity index (χ1v) is 7.17. The standard InChI is InChI=1S/C15H21ClN2O.ClH/c1-15(10-17,12-5-6-12)18-14(19)9-4-11-2-7-13(16)8-3-11;/h2-3,7-8,12H,4-6,9-10,17H2,1H3,(H,18,19);1H. The van der Waals surface area contributed by atoms with Crippen LogP contribution in [0.1, 0.15) is 31.7 Å². The fourth-order valence-electron chi connectivity index (χ4n) is 2.33. The zero-order valence-corrected chi connectivity index (χ0v) is 13.3. The predicted octanol–water partition coefficient (Wildman–Crippen LogP) is 2.94. The second kappa shape index (κ2) is 7.30. The molecule has 1 aromatic carbocycles. The van der Waals surface area contributed by atoms with Crippen LogP contribution in [0.5, 0.6) is 0 Å². The van der Waals surface area contributed by atoms with E-state index in [0.717, 1.165) is 17.0 Å². The van der Waals surface area contributed by atoms with Gasteiger partial charge in [-0.3, -0.25) is 4.79 Å². The number of amides is 1. The van der Waals surface area contributed by atoms with Crippen molar-refractivity contribution in [2.75, 3.05) is 6.54 Å². The normalized spacial score (nSPS) is 16.9. The molecule has 3 N–H and O–H groups in total. The third kappa shape index (κ3) is 4.65. The van der Waals surface area contributed by atoms with E-state index in [1.54, 1.807) is 0 Å². The van der Waals surface area contributed by atoms with E-state index >= 15 is 0 Å². The van der Waals surface area contributed by atoms with E-state index in [4.69, 9.17) is 17.3 Å². The van der Waals surface area contributed by atoms with Gasteiger partial charge in [0.15, 0.2) is 0 Å². The van der Waals surface area contributed by atoms with Crippen molar-refractivity contribution in [1.29, 1.82) is 0 Å². The monoisotopic (exact) mass is 316 g/mol. The molecule has 1 saturated carbocycles. The van der Waals surface area contributed by atoms with Crippen LogP contribution in [0.3, 0.4) is 0 Å². The SMILES string of the molecule is CC(CN)(NC(=O)CCc1ccc(Cl)cc1)C1CC1.Cl. The van der Waals surface area contributed by atoms with Crippen LogP contribution in [0.25, 0.3) is 0 Å². The molecule has 0 aliphatic heterocycles. The van der Waals surface area contributed by atoms with Crippen LogP contribution in [0.2, 0.25) is 5.02 Å². The van der Waals surface area contributed by atoms with E-state index in [1.807, 2.05) is 31.2 Å². The Morgan fingerprint density at radius 1 is 1.40 bits per heavy atom. The van der Waals surface area contributed by atoms with Crippen molar-refractivity contribution in [3.05, 3.63) is 34.9 Å². The molecule has 1 fully saturated rings. The highest BCUT2D eigenvalue weighted by molar-refractivity contribution is 6.30. The van der Waals surface area contributed by atoms with Crippen molar-refractivity contribution >= 4 is 29.9 Å². The van der Waals surface area contributed by atoms with E-state index < -0.39 is 0 Å². The summed E-state index contributed by atoms with van der Waals surface area (Å²) in [6, 6.07) is 7.61. The summed E-state index contributed by atoms with van der Waals surface area (Å²) >= 11 is 5.83. The first-order chi connectivity index (χ1) is 9.03. The van der Waals surface area contributed by atoms with Gasteiger partial charge in [-0.1, -0.05) is 23.7 Å². The van der Waals surface area contributed by atoms with Crippen molar-refractivity contribution in [3.8, 4) is 0 Å². The lowest BCUT2D eigenvalue weighted by Gasteiger charge is -2.29. The predicted molar refractivity (Wildman–Crippen MR) is 85.3 cm³/mol. The Bertz CT molecular complexity index is 446. The Hall–Kier alpha value is -0.770. The second-order valence-electron chi connectivity index (χ2n) is 5.57. The fourth-order valence-corrected chi connectivity index (χ4v) is 2.46. The number of halogens is 2. The van der Waals surface area contributed by atoms with Crippen LogP contribution in [0.15, 0.2) is 24.3 Å². The van der Waals surface area contributed by atoms with E-state index in [2.05, 4.69) is 5.32 Å². The lowest BCUT2D eigenvalue weighted by atomic mass is 9.95. The molecular weight excluding hydrogens is 295 g/mol.